The second kappa shape index (κ2) is 5.47. The molecule has 2 N–H and O–H groups in total. The molecular formula is C9H9N3O2. The Bertz CT molecular complexity index is 342. The lowest BCUT2D eigenvalue weighted by atomic mass is 10.4. The highest BCUT2D eigenvalue weighted by atomic mass is 16.4. The van der Waals surface area contributed by atoms with E-state index in [0.717, 1.165) is 0 Å². The van der Waals surface area contributed by atoms with Gasteiger partial charge in [0.2, 0.25) is 0 Å². The molecule has 72 valence electrons. The van der Waals surface area contributed by atoms with Gasteiger partial charge in [-0.2, -0.15) is 0 Å². The average molecular weight is 191 g/mol. The van der Waals surface area contributed by atoms with Gasteiger partial charge >= 0.3 is 5.97 Å². The molecule has 0 fully saturated rings. The van der Waals surface area contributed by atoms with E-state index in [-0.39, 0.29) is 5.69 Å². The molecule has 0 aliphatic heterocycles. The minimum Gasteiger partial charge on any atom is -0.477 e. The van der Waals surface area contributed by atoms with Crippen LogP contribution in [0.1, 0.15) is 10.5 Å². The number of carboxylic acids is 1. The molecule has 5 heteroatoms. The minimum atomic E-state index is -1.03. The number of aromatic carboxylic acids is 1. The zero-order valence-corrected chi connectivity index (χ0v) is 7.29. The lowest BCUT2D eigenvalue weighted by Gasteiger charge is -1.86. The minimum absolute atomic E-state index is 0.0185. The van der Waals surface area contributed by atoms with E-state index >= 15 is 0 Å². The van der Waals surface area contributed by atoms with E-state index in [2.05, 4.69) is 15.0 Å². The summed E-state index contributed by atoms with van der Waals surface area (Å²) in [6.45, 7) is 0. The van der Waals surface area contributed by atoms with Crippen molar-refractivity contribution in [3.8, 4) is 0 Å². The number of carbonyl (C=O) groups is 1. The number of aromatic nitrogens is 3. The van der Waals surface area contributed by atoms with Gasteiger partial charge in [-0.1, -0.05) is 0 Å². The van der Waals surface area contributed by atoms with Gasteiger partial charge in [0.1, 0.15) is 6.33 Å². The average Bonchev–Trinajstić information content (AvgIpc) is 2.77. The SMILES string of the molecule is O=C(O)c1ccncn1.c1cc[nH]c1. The molecule has 0 saturated carbocycles. The zero-order chi connectivity index (χ0) is 10.2. The third-order valence-corrected chi connectivity index (χ3v) is 1.30. The molecule has 2 aromatic heterocycles. The van der Waals surface area contributed by atoms with E-state index in [1.807, 2.05) is 24.5 Å². The van der Waals surface area contributed by atoms with Gasteiger partial charge in [-0.3, -0.25) is 0 Å². The van der Waals surface area contributed by atoms with E-state index in [1.165, 1.54) is 18.6 Å². The van der Waals surface area contributed by atoms with Gasteiger partial charge < -0.3 is 10.1 Å². The van der Waals surface area contributed by atoms with Crippen molar-refractivity contribution >= 4 is 5.97 Å². The van der Waals surface area contributed by atoms with Gasteiger partial charge in [-0.05, 0) is 18.2 Å². The van der Waals surface area contributed by atoms with Crippen molar-refractivity contribution < 1.29 is 9.90 Å². The summed E-state index contributed by atoms with van der Waals surface area (Å²) in [7, 11) is 0. The van der Waals surface area contributed by atoms with Crippen molar-refractivity contribution in [1.82, 2.24) is 15.0 Å². The van der Waals surface area contributed by atoms with Crippen molar-refractivity contribution in [2.24, 2.45) is 0 Å². The van der Waals surface area contributed by atoms with Gasteiger partial charge in [0.15, 0.2) is 5.69 Å². The molecule has 0 aliphatic rings. The Kier molecular flexibility index (Phi) is 3.87. The first-order valence-corrected chi connectivity index (χ1v) is 3.88. The van der Waals surface area contributed by atoms with Crippen molar-refractivity contribution in [3.63, 3.8) is 0 Å². The molecule has 0 spiro atoms. The van der Waals surface area contributed by atoms with Crippen LogP contribution < -0.4 is 0 Å². The molecule has 0 aromatic carbocycles. The van der Waals surface area contributed by atoms with Gasteiger partial charge in [0.25, 0.3) is 0 Å². The first-order valence-electron chi connectivity index (χ1n) is 3.88. The van der Waals surface area contributed by atoms with Crippen molar-refractivity contribution in [2.45, 2.75) is 0 Å². The molecule has 0 aliphatic carbocycles. The van der Waals surface area contributed by atoms with Crippen LogP contribution in [-0.4, -0.2) is 26.0 Å². The summed E-state index contributed by atoms with van der Waals surface area (Å²) in [4.78, 5) is 20.0. The van der Waals surface area contributed by atoms with Gasteiger partial charge in [-0.15, -0.1) is 0 Å². The zero-order valence-electron chi connectivity index (χ0n) is 7.29. The van der Waals surface area contributed by atoms with Gasteiger partial charge in [0.05, 0.1) is 0 Å². The van der Waals surface area contributed by atoms with Crippen LogP contribution in [0.25, 0.3) is 0 Å². The monoisotopic (exact) mass is 191 g/mol. The molecule has 0 saturated heterocycles. The lowest BCUT2D eigenvalue weighted by Crippen LogP contribution is -1.98. The van der Waals surface area contributed by atoms with Gasteiger partial charge in [0, 0.05) is 18.6 Å². The first kappa shape index (κ1) is 9.91. The second-order valence-corrected chi connectivity index (χ2v) is 2.28. The maximum atomic E-state index is 10.1. The number of nitrogens with one attached hydrogen (secondary N) is 1. The maximum Gasteiger partial charge on any atom is 0.354 e. The van der Waals surface area contributed by atoms with Crippen LogP contribution in [0.5, 0.6) is 0 Å². The standard InChI is InChI=1S/C5H4N2O2.C4H5N/c8-5(9)4-1-2-6-3-7-4;1-2-4-5-3-1/h1-3H,(H,8,9);1-5H. The fourth-order valence-corrected chi connectivity index (χ4v) is 0.695. The van der Waals surface area contributed by atoms with Crippen molar-refractivity contribution in [3.05, 3.63) is 48.8 Å². The number of rotatable bonds is 1. The van der Waals surface area contributed by atoms with E-state index in [9.17, 15) is 4.79 Å². The summed E-state index contributed by atoms with van der Waals surface area (Å²) in [5.41, 5.74) is 0.0185. The number of hydrogen-bond acceptors (Lipinski definition) is 3. The molecule has 0 atom stereocenters. The Hall–Kier alpha value is -2.17. The normalized spacial score (nSPS) is 8.57. The highest BCUT2D eigenvalue weighted by Gasteiger charge is 1.99. The van der Waals surface area contributed by atoms with Crippen molar-refractivity contribution in [1.29, 1.82) is 0 Å². The fraction of sp³-hybridized carbons (Fsp3) is 0. The maximum absolute atomic E-state index is 10.1. The van der Waals surface area contributed by atoms with Crippen molar-refractivity contribution in [2.75, 3.05) is 0 Å². The topological polar surface area (TPSA) is 78.9 Å². The van der Waals surface area contributed by atoms with Crippen LogP contribution in [-0.2, 0) is 0 Å². The number of carboxylic acid groups (broad SMARTS) is 1. The number of nitrogens with zero attached hydrogens (tertiary/aromatic N) is 2. The van der Waals surface area contributed by atoms with E-state index in [1.54, 1.807) is 0 Å². The van der Waals surface area contributed by atoms with Crippen LogP contribution >= 0.6 is 0 Å². The molecule has 14 heavy (non-hydrogen) atoms. The smallest absolute Gasteiger partial charge is 0.354 e. The molecule has 0 radical (unpaired) electrons. The van der Waals surface area contributed by atoms with E-state index < -0.39 is 5.97 Å². The number of hydrogen-bond donors (Lipinski definition) is 2. The summed E-state index contributed by atoms with van der Waals surface area (Å²) in [6, 6.07) is 5.22. The van der Waals surface area contributed by atoms with Crippen LogP contribution in [0.2, 0.25) is 0 Å². The molecule has 0 bridgehead atoms. The summed E-state index contributed by atoms with van der Waals surface area (Å²) in [6.07, 6.45) is 6.33. The summed E-state index contributed by atoms with van der Waals surface area (Å²) in [5, 5.41) is 8.29. The van der Waals surface area contributed by atoms with Crippen LogP contribution in [0.15, 0.2) is 43.1 Å². The first-order chi connectivity index (χ1) is 6.80. The molecule has 0 unspecified atom stereocenters. The largest absolute Gasteiger partial charge is 0.477 e. The third-order valence-electron chi connectivity index (χ3n) is 1.30. The van der Waals surface area contributed by atoms with E-state index in [0.29, 0.717) is 0 Å². The number of aromatic amines is 1. The highest BCUT2D eigenvalue weighted by molar-refractivity contribution is 5.84. The summed E-state index contributed by atoms with van der Waals surface area (Å²) < 4.78 is 0. The molecular weight excluding hydrogens is 182 g/mol. The quantitative estimate of drug-likeness (QED) is 0.709. The number of H-pyrrole nitrogens is 1. The predicted molar refractivity (Wildman–Crippen MR) is 49.8 cm³/mol. The summed E-state index contributed by atoms with van der Waals surface area (Å²) >= 11 is 0. The van der Waals surface area contributed by atoms with E-state index in [4.69, 9.17) is 5.11 Å². The second-order valence-electron chi connectivity index (χ2n) is 2.28. The Morgan fingerprint density at radius 1 is 1.36 bits per heavy atom. The Morgan fingerprint density at radius 2 is 2.07 bits per heavy atom. The molecule has 0 amide bonds. The highest BCUT2D eigenvalue weighted by Crippen LogP contribution is 1.87. The summed E-state index contributed by atoms with van der Waals surface area (Å²) in [5.74, 6) is -1.03. The molecule has 5 nitrogen and oxygen atoms in total. The molecule has 2 heterocycles. The van der Waals surface area contributed by atoms with Crippen LogP contribution in [0.4, 0.5) is 0 Å². The third kappa shape index (κ3) is 3.48. The Morgan fingerprint density at radius 3 is 2.36 bits per heavy atom. The predicted octanol–water partition coefficient (Wildman–Crippen LogP) is 1.19. The lowest BCUT2D eigenvalue weighted by molar-refractivity contribution is 0.0690. The van der Waals surface area contributed by atoms with Crippen LogP contribution in [0, 0.1) is 0 Å². The van der Waals surface area contributed by atoms with Crippen LogP contribution in [0.3, 0.4) is 0 Å². The fourth-order valence-electron chi connectivity index (χ4n) is 0.695. The molecule has 2 rings (SSSR count). The Labute approximate surface area is 80.5 Å². The molecule has 2 aromatic rings. The Balaban J connectivity index is 0.000000165. The van der Waals surface area contributed by atoms with Gasteiger partial charge in [-0.25, -0.2) is 14.8 Å².